The van der Waals surface area contributed by atoms with E-state index in [2.05, 4.69) is 15.4 Å². The monoisotopic (exact) mass is 448 g/mol. The summed E-state index contributed by atoms with van der Waals surface area (Å²) in [4.78, 5) is 16.0. The van der Waals surface area contributed by atoms with Gasteiger partial charge < -0.3 is 15.2 Å². The first-order valence-electron chi connectivity index (χ1n) is 10.1. The number of anilines is 1. The maximum Gasteiger partial charge on any atom is 0.433 e. The molecule has 0 spiro atoms. The van der Waals surface area contributed by atoms with Crippen molar-refractivity contribution in [2.45, 2.75) is 44.5 Å². The summed E-state index contributed by atoms with van der Waals surface area (Å²) in [5.74, 6) is -0.261. The number of benzene rings is 1. The van der Waals surface area contributed by atoms with Crippen LogP contribution >= 0.6 is 0 Å². The van der Waals surface area contributed by atoms with E-state index in [1.165, 1.54) is 13.2 Å². The Balaban J connectivity index is 1.57. The number of hydrogen-bond donors (Lipinski definition) is 2. The van der Waals surface area contributed by atoms with Crippen molar-refractivity contribution in [3.8, 4) is 5.75 Å². The second-order valence-electron chi connectivity index (χ2n) is 8.56. The van der Waals surface area contributed by atoms with Gasteiger partial charge in [-0.1, -0.05) is 6.07 Å². The van der Waals surface area contributed by atoms with E-state index in [1.807, 2.05) is 10.9 Å². The molecule has 1 aliphatic rings. The fraction of sp³-hybridized carbons (Fsp3) is 0.409. The molecule has 1 amide bonds. The third-order valence-corrected chi connectivity index (χ3v) is 5.85. The van der Waals surface area contributed by atoms with Gasteiger partial charge in [-0.3, -0.25) is 9.48 Å². The summed E-state index contributed by atoms with van der Waals surface area (Å²) < 4.78 is 45.9. The molecule has 32 heavy (non-hydrogen) atoms. The Kier molecular flexibility index (Phi) is 5.36. The number of ether oxygens (including phenoxy) is 1. The summed E-state index contributed by atoms with van der Waals surface area (Å²) in [5.41, 5.74) is -1.28. The van der Waals surface area contributed by atoms with Gasteiger partial charge in [0.05, 0.1) is 30.0 Å². The zero-order chi connectivity index (χ0) is 23.3. The van der Waals surface area contributed by atoms with Gasteiger partial charge in [0.1, 0.15) is 17.1 Å². The lowest BCUT2D eigenvalue weighted by molar-refractivity contribution is -0.141. The van der Waals surface area contributed by atoms with Crippen LogP contribution in [-0.4, -0.2) is 38.5 Å². The molecule has 1 aromatic carbocycles. The molecule has 0 atom stereocenters. The Morgan fingerprint density at radius 3 is 2.59 bits per heavy atom. The highest BCUT2D eigenvalue weighted by molar-refractivity contribution is 6.05. The zero-order valence-electron chi connectivity index (χ0n) is 17.8. The number of methoxy groups -OCH3 is 1. The lowest BCUT2D eigenvalue weighted by Gasteiger charge is -2.42. The van der Waals surface area contributed by atoms with E-state index >= 15 is 0 Å². The first-order valence-corrected chi connectivity index (χ1v) is 10.1. The van der Waals surface area contributed by atoms with E-state index in [-0.39, 0.29) is 17.7 Å². The quantitative estimate of drug-likeness (QED) is 0.603. The van der Waals surface area contributed by atoms with Gasteiger partial charge in [-0.05, 0) is 50.8 Å². The molecule has 1 fully saturated rings. The molecular weight excluding hydrogens is 425 g/mol. The molecule has 10 heteroatoms. The number of rotatable bonds is 5. The predicted molar refractivity (Wildman–Crippen MR) is 112 cm³/mol. The highest BCUT2D eigenvalue weighted by Gasteiger charge is 2.40. The predicted octanol–water partition coefficient (Wildman–Crippen LogP) is 4.43. The van der Waals surface area contributed by atoms with Gasteiger partial charge in [0, 0.05) is 17.6 Å². The molecule has 0 aliphatic heterocycles. The van der Waals surface area contributed by atoms with Crippen molar-refractivity contribution in [3.05, 3.63) is 47.9 Å². The number of nitrogens with zero attached hydrogens (tertiary/aromatic N) is 3. The van der Waals surface area contributed by atoms with E-state index in [9.17, 15) is 23.1 Å². The lowest BCUT2D eigenvalue weighted by Crippen LogP contribution is -2.41. The van der Waals surface area contributed by atoms with Crippen molar-refractivity contribution in [2.75, 3.05) is 12.4 Å². The molecule has 170 valence electrons. The Bertz CT molecular complexity index is 1160. The van der Waals surface area contributed by atoms with Gasteiger partial charge in [0.2, 0.25) is 0 Å². The average molecular weight is 448 g/mol. The highest BCUT2D eigenvalue weighted by Crippen LogP contribution is 2.44. The van der Waals surface area contributed by atoms with Gasteiger partial charge in [-0.2, -0.15) is 18.3 Å². The van der Waals surface area contributed by atoms with Crippen molar-refractivity contribution in [3.63, 3.8) is 0 Å². The van der Waals surface area contributed by atoms with Crippen LogP contribution < -0.4 is 10.1 Å². The zero-order valence-corrected chi connectivity index (χ0v) is 17.8. The number of carbonyl (C=O) groups excluding carboxylic acids is 1. The van der Waals surface area contributed by atoms with Crippen molar-refractivity contribution in [1.82, 2.24) is 14.8 Å². The minimum Gasteiger partial charge on any atom is -0.494 e. The summed E-state index contributed by atoms with van der Waals surface area (Å²) in [6.45, 7) is 3.60. The van der Waals surface area contributed by atoms with Crippen LogP contribution in [-0.2, 0) is 6.18 Å². The van der Waals surface area contributed by atoms with Crippen LogP contribution in [0, 0.1) is 5.92 Å². The fourth-order valence-electron chi connectivity index (χ4n) is 3.81. The number of fused-ring (bicyclic) bond motifs is 1. The van der Waals surface area contributed by atoms with E-state index in [0.29, 0.717) is 17.0 Å². The van der Waals surface area contributed by atoms with Crippen LogP contribution in [0.5, 0.6) is 5.75 Å². The molecule has 4 rings (SSSR count). The summed E-state index contributed by atoms with van der Waals surface area (Å²) in [6.07, 6.45) is -1.19. The van der Waals surface area contributed by atoms with E-state index < -0.39 is 23.4 Å². The smallest absolute Gasteiger partial charge is 0.433 e. The largest absolute Gasteiger partial charge is 0.494 e. The average Bonchev–Trinajstić information content (AvgIpc) is 3.06. The molecule has 0 bridgehead atoms. The van der Waals surface area contributed by atoms with Gasteiger partial charge in [-0.15, -0.1) is 0 Å². The molecule has 0 unspecified atom stereocenters. The Labute approximate surface area is 182 Å². The summed E-state index contributed by atoms with van der Waals surface area (Å²) >= 11 is 0. The molecule has 0 saturated heterocycles. The van der Waals surface area contributed by atoms with E-state index in [1.54, 1.807) is 26.0 Å². The second kappa shape index (κ2) is 7.77. The number of pyridine rings is 1. The maximum atomic E-state index is 12.9. The standard InChI is InChI=1S/C22H23F3N4O3/c1-21(2,31)13-8-14(9-13)29-11-12-7-17(18(32-3)10-16(12)28-29)27-20(30)15-5-4-6-19(26-15)22(23,24)25/h4-7,10-11,13-14,31H,8-9H2,1-3H3,(H,27,30)/t13-,14+. The number of nitrogens with one attached hydrogen (secondary N) is 1. The first kappa shape index (κ1) is 22.1. The van der Waals surface area contributed by atoms with Crippen molar-refractivity contribution < 1.29 is 27.8 Å². The number of hydrogen-bond acceptors (Lipinski definition) is 5. The number of halogens is 3. The number of aromatic nitrogens is 3. The molecule has 1 aliphatic carbocycles. The first-order chi connectivity index (χ1) is 15.0. The normalized spacial score (nSPS) is 19.0. The molecule has 3 aromatic rings. The van der Waals surface area contributed by atoms with E-state index in [0.717, 1.165) is 30.4 Å². The van der Waals surface area contributed by atoms with Crippen LogP contribution in [0.15, 0.2) is 36.5 Å². The number of alkyl halides is 3. The minimum atomic E-state index is -4.65. The van der Waals surface area contributed by atoms with Crippen molar-refractivity contribution >= 4 is 22.5 Å². The Morgan fingerprint density at radius 2 is 1.97 bits per heavy atom. The van der Waals surface area contributed by atoms with Gasteiger partial charge >= 0.3 is 6.18 Å². The van der Waals surface area contributed by atoms with Crippen molar-refractivity contribution in [1.29, 1.82) is 0 Å². The maximum absolute atomic E-state index is 12.9. The Morgan fingerprint density at radius 1 is 1.25 bits per heavy atom. The van der Waals surface area contributed by atoms with Crippen LogP contribution in [0.25, 0.3) is 10.9 Å². The summed E-state index contributed by atoms with van der Waals surface area (Å²) in [6, 6.07) is 6.64. The summed E-state index contributed by atoms with van der Waals surface area (Å²) in [5, 5.41) is 18.0. The topological polar surface area (TPSA) is 89.3 Å². The molecule has 0 radical (unpaired) electrons. The summed E-state index contributed by atoms with van der Waals surface area (Å²) in [7, 11) is 1.43. The number of aliphatic hydroxyl groups is 1. The lowest BCUT2D eigenvalue weighted by atomic mass is 9.71. The third-order valence-electron chi connectivity index (χ3n) is 5.85. The molecule has 7 nitrogen and oxygen atoms in total. The van der Waals surface area contributed by atoms with Crippen LogP contribution in [0.1, 0.15) is 48.9 Å². The van der Waals surface area contributed by atoms with E-state index in [4.69, 9.17) is 4.74 Å². The van der Waals surface area contributed by atoms with Gasteiger partial charge in [0.15, 0.2) is 0 Å². The fourth-order valence-corrected chi connectivity index (χ4v) is 3.81. The molecule has 2 aromatic heterocycles. The Hall–Kier alpha value is -3.14. The molecule has 2 N–H and O–H groups in total. The van der Waals surface area contributed by atoms with Crippen LogP contribution in [0.2, 0.25) is 0 Å². The van der Waals surface area contributed by atoms with Crippen molar-refractivity contribution in [2.24, 2.45) is 5.92 Å². The van der Waals surface area contributed by atoms with Crippen LogP contribution in [0.3, 0.4) is 0 Å². The van der Waals surface area contributed by atoms with Crippen LogP contribution in [0.4, 0.5) is 18.9 Å². The SMILES string of the molecule is COc1cc2nn([C@H]3C[C@@H](C(C)(C)O)C3)cc2cc1NC(=O)c1cccc(C(F)(F)F)n1. The molecule has 2 heterocycles. The second-order valence-corrected chi connectivity index (χ2v) is 8.56. The third kappa shape index (κ3) is 4.27. The highest BCUT2D eigenvalue weighted by atomic mass is 19.4. The molecule has 1 saturated carbocycles. The van der Waals surface area contributed by atoms with Gasteiger partial charge in [-0.25, -0.2) is 4.98 Å². The molecular formula is C22H23F3N4O3. The number of carbonyl (C=O) groups is 1. The van der Waals surface area contributed by atoms with Gasteiger partial charge in [0.25, 0.3) is 5.91 Å². The number of amides is 1. The minimum absolute atomic E-state index is 0.164.